The predicted molar refractivity (Wildman–Crippen MR) is 123 cm³/mol. The molecule has 2 aliphatic rings. The third-order valence-corrected chi connectivity index (χ3v) is 7.12. The number of ether oxygens (including phenoxy) is 3. The Kier molecular flexibility index (Phi) is 8.04. The molecule has 13 nitrogen and oxygen atoms in total. The second-order valence-corrected chi connectivity index (χ2v) is 9.92. The molecule has 36 heavy (non-hydrogen) atoms. The van der Waals surface area contributed by atoms with Gasteiger partial charge in [0, 0.05) is 25.1 Å². The number of H-pyrrole nitrogens is 1. The van der Waals surface area contributed by atoms with E-state index in [0.717, 1.165) is 10.6 Å². The summed E-state index contributed by atoms with van der Waals surface area (Å²) in [7, 11) is -4.17. The van der Waals surface area contributed by atoms with Crippen LogP contribution in [0.2, 0.25) is 0 Å². The Hall–Kier alpha value is -3.25. The molecule has 2 aromatic rings. The summed E-state index contributed by atoms with van der Waals surface area (Å²) in [5, 5.41) is 2.57. The summed E-state index contributed by atoms with van der Waals surface area (Å²) in [4.78, 5) is 50.5. The molecule has 0 spiro atoms. The number of cyclic esters (lactones) is 1. The molecule has 0 bridgehead atoms. The van der Waals surface area contributed by atoms with Crippen LogP contribution < -0.4 is 20.9 Å². The van der Waals surface area contributed by atoms with E-state index in [9.17, 15) is 23.7 Å². The molecule has 0 radical (unpaired) electrons. The summed E-state index contributed by atoms with van der Waals surface area (Å²) in [6, 6.07) is 8.32. The Labute approximate surface area is 205 Å². The summed E-state index contributed by atoms with van der Waals surface area (Å²) in [6.45, 7) is 1.02. The predicted octanol–water partition coefficient (Wildman–Crippen LogP) is 1.25. The van der Waals surface area contributed by atoms with E-state index in [2.05, 4.69) is 10.1 Å². The lowest BCUT2D eigenvalue weighted by molar-refractivity contribution is -0.155. The van der Waals surface area contributed by atoms with Crippen molar-refractivity contribution in [2.24, 2.45) is 0 Å². The van der Waals surface area contributed by atoms with Crippen LogP contribution in [-0.4, -0.2) is 53.0 Å². The maximum atomic E-state index is 13.6. The zero-order valence-electron chi connectivity index (χ0n) is 19.4. The van der Waals surface area contributed by atoms with Crippen LogP contribution in [0.4, 0.5) is 0 Å². The Morgan fingerprint density at radius 3 is 2.61 bits per heavy atom. The smallest absolute Gasteiger partial charge is 0.459 e. The van der Waals surface area contributed by atoms with E-state index >= 15 is 0 Å². The molecule has 1 aromatic carbocycles. The molecule has 1 unspecified atom stereocenters. The summed E-state index contributed by atoms with van der Waals surface area (Å²) in [5.41, 5.74) is -1.27. The highest BCUT2D eigenvalue weighted by atomic mass is 31.2. The first-order valence-electron chi connectivity index (χ1n) is 11.3. The third kappa shape index (κ3) is 6.49. The molecule has 1 aromatic heterocycles. The van der Waals surface area contributed by atoms with Crippen LogP contribution in [0.1, 0.15) is 32.4 Å². The van der Waals surface area contributed by atoms with Gasteiger partial charge in [-0.25, -0.2) is 9.36 Å². The Balaban J connectivity index is 1.59. The van der Waals surface area contributed by atoms with Crippen molar-refractivity contribution in [2.45, 2.75) is 50.7 Å². The minimum Gasteiger partial charge on any atom is -0.465 e. The van der Waals surface area contributed by atoms with Crippen molar-refractivity contribution in [3.8, 4) is 5.75 Å². The van der Waals surface area contributed by atoms with Crippen molar-refractivity contribution in [2.75, 3.05) is 13.2 Å². The van der Waals surface area contributed by atoms with E-state index < -0.39 is 55.4 Å². The van der Waals surface area contributed by atoms with E-state index in [0.29, 0.717) is 0 Å². The first-order chi connectivity index (χ1) is 17.2. The normalized spacial score (nSPS) is 29.9. The number of nitrogens with zero attached hydrogens (tertiary/aromatic N) is 1. The lowest BCUT2D eigenvalue weighted by Gasteiger charge is -2.25. The van der Waals surface area contributed by atoms with Crippen LogP contribution in [0.25, 0.3) is 0 Å². The first-order valence-corrected chi connectivity index (χ1v) is 12.9. The average Bonchev–Trinajstić information content (AvgIpc) is 3.22. The number of aromatic amines is 1. The molecule has 2 fully saturated rings. The van der Waals surface area contributed by atoms with Gasteiger partial charge in [0.15, 0.2) is 0 Å². The first kappa shape index (κ1) is 25.8. The fraction of sp³-hybridized carbons (Fsp3) is 0.455. The maximum absolute atomic E-state index is 13.6. The van der Waals surface area contributed by atoms with Crippen molar-refractivity contribution in [1.29, 1.82) is 0 Å². The number of hydrogen-bond donors (Lipinski definition) is 2. The average molecular weight is 523 g/mol. The highest BCUT2D eigenvalue weighted by Crippen LogP contribution is 2.46. The van der Waals surface area contributed by atoms with Crippen molar-refractivity contribution in [3.05, 3.63) is 63.4 Å². The molecule has 2 saturated heterocycles. The summed E-state index contributed by atoms with van der Waals surface area (Å²) >= 11 is 0. The van der Waals surface area contributed by atoms with Crippen molar-refractivity contribution in [1.82, 2.24) is 14.6 Å². The van der Waals surface area contributed by atoms with Gasteiger partial charge in [-0.15, -0.1) is 0 Å². The minimum absolute atomic E-state index is 0.0158. The maximum Gasteiger partial charge on any atom is 0.459 e. The molecule has 0 aliphatic carbocycles. The molecule has 14 heteroatoms. The monoisotopic (exact) mass is 523 g/mol. The van der Waals surface area contributed by atoms with Crippen LogP contribution in [-0.2, 0) is 32.9 Å². The van der Waals surface area contributed by atoms with E-state index in [1.165, 1.54) is 13.1 Å². The highest BCUT2D eigenvalue weighted by Gasteiger charge is 2.42. The topological polar surface area (TPSA) is 164 Å². The van der Waals surface area contributed by atoms with Crippen molar-refractivity contribution >= 4 is 19.7 Å². The number of carbonyl (C=O) groups excluding carboxylic acids is 2. The number of fused-ring (bicyclic) bond motifs is 1. The van der Waals surface area contributed by atoms with E-state index in [4.69, 9.17) is 23.3 Å². The Bertz CT molecular complexity index is 1250. The van der Waals surface area contributed by atoms with Gasteiger partial charge in [-0.3, -0.25) is 28.5 Å². The van der Waals surface area contributed by atoms with Crippen molar-refractivity contribution < 1.29 is 37.4 Å². The van der Waals surface area contributed by atoms with Gasteiger partial charge in [0.1, 0.15) is 30.2 Å². The molecule has 4 rings (SSSR count). The summed E-state index contributed by atoms with van der Waals surface area (Å²) < 4.78 is 42.6. The number of rotatable bonds is 3. The van der Waals surface area contributed by atoms with Gasteiger partial charge in [0.25, 0.3) is 5.56 Å². The standard InChI is InChI=1S/C22H26N3O10P/c1-14-21(28)31-11-5-8-20(27)34-16-12-19(25-10-9-18(26)23-22(25)29)33-17(16)13-32-36(30,24-14)35-15-6-3-2-4-7-15/h2-4,6-7,9-10,14,16-17,19H,5,8,11-13H2,1H3,(H,24,30)(H,23,26,29)/t14-,16-,17+,19+,36?/m0/s1. The second kappa shape index (κ2) is 11.2. The number of carbonyl (C=O) groups is 2. The third-order valence-electron chi connectivity index (χ3n) is 5.48. The van der Waals surface area contributed by atoms with Crippen LogP contribution in [0.3, 0.4) is 0 Å². The lowest BCUT2D eigenvalue weighted by atomic mass is 10.2. The quantitative estimate of drug-likeness (QED) is 0.439. The molecule has 0 saturated carbocycles. The number of para-hydroxylation sites is 1. The number of benzene rings is 1. The molecule has 2 N–H and O–H groups in total. The zero-order valence-corrected chi connectivity index (χ0v) is 20.3. The Morgan fingerprint density at radius 1 is 1.08 bits per heavy atom. The molecular formula is C22H26N3O10P. The molecule has 194 valence electrons. The van der Waals surface area contributed by atoms with Gasteiger partial charge in [-0.05, 0) is 25.5 Å². The number of esters is 2. The van der Waals surface area contributed by atoms with Gasteiger partial charge < -0.3 is 18.7 Å². The van der Waals surface area contributed by atoms with E-state index in [1.807, 2.05) is 0 Å². The van der Waals surface area contributed by atoms with Crippen LogP contribution in [0, 0.1) is 0 Å². The van der Waals surface area contributed by atoms with Gasteiger partial charge in [-0.1, -0.05) is 18.2 Å². The number of aromatic nitrogens is 2. The zero-order chi connectivity index (χ0) is 25.7. The van der Waals surface area contributed by atoms with Gasteiger partial charge in [-0.2, -0.15) is 5.09 Å². The van der Waals surface area contributed by atoms with Gasteiger partial charge >= 0.3 is 25.4 Å². The molecule has 2 aliphatic heterocycles. The summed E-state index contributed by atoms with van der Waals surface area (Å²) in [6.07, 6.45) is -1.12. The highest BCUT2D eigenvalue weighted by molar-refractivity contribution is 7.52. The van der Waals surface area contributed by atoms with E-state index in [1.54, 1.807) is 30.3 Å². The fourth-order valence-corrected chi connectivity index (χ4v) is 5.22. The summed E-state index contributed by atoms with van der Waals surface area (Å²) in [5.74, 6) is -1.04. The molecular weight excluding hydrogens is 497 g/mol. The molecule has 0 amide bonds. The molecule has 5 atom stereocenters. The Morgan fingerprint density at radius 2 is 1.86 bits per heavy atom. The van der Waals surface area contributed by atoms with Crippen LogP contribution >= 0.6 is 7.75 Å². The fourth-order valence-electron chi connectivity index (χ4n) is 3.71. The lowest BCUT2D eigenvalue weighted by Crippen LogP contribution is -2.37. The van der Waals surface area contributed by atoms with Crippen molar-refractivity contribution in [3.63, 3.8) is 0 Å². The number of nitrogens with one attached hydrogen (secondary N) is 2. The largest absolute Gasteiger partial charge is 0.465 e. The van der Waals surface area contributed by atoms with Gasteiger partial charge in [0.05, 0.1) is 13.2 Å². The van der Waals surface area contributed by atoms with Gasteiger partial charge in [0.2, 0.25) is 0 Å². The van der Waals surface area contributed by atoms with E-state index in [-0.39, 0.29) is 38.2 Å². The molecule has 3 heterocycles. The SMILES string of the molecule is C[C@@H]1NP(=O)(Oc2ccccc2)OC[C@H]2O[C@@H](n3ccc(=O)[nH]c3=O)C[C@@H]2OC(=O)CCCOC1=O. The van der Waals surface area contributed by atoms with Crippen LogP contribution in [0.5, 0.6) is 5.75 Å². The van der Waals surface area contributed by atoms with Crippen LogP contribution in [0.15, 0.2) is 52.2 Å². The number of hydrogen-bond acceptors (Lipinski definition) is 10. The second-order valence-electron chi connectivity index (χ2n) is 8.23. The minimum atomic E-state index is -4.17.